The molecule has 0 aliphatic carbocycles. The number of hydrogen-bond acceptors (Lipinski definition) is 4. The van der Waals surface area contributed by atoms with Gasteiger partial charge in [-0.2, -0.15) is 5.10 Å². The molecule has 19 heavy (non-hydrogen) atoms. The van der Waals surface area contributed by atoms with Crippen LogP contribution in [-0.4, -0.2) is 27.6 Å². The molecule has 2 heterocycles. The fraction of sp³-hybridized carbons (Fsp3) is 0.308. The van der Waals surface area contributed by atoms with E-state index in [1.165, 1.54) is 0 Å². The first-order chi connectivity index (χ1) is 9.00. The molecule has 6 heteroatoms. The summed E-state index contributed by atoms with van der Waals surface area (Å²) in [6.07, 6.45) is 3.53. The van der Waals surface area contributed by atoms with Gasteiger partial charge in [-0.05, 0) is 24.6 Å². The standard InChI is InChI=1S/C13H18N6/c1-9-11(12(14)15)13(19(3)17-9)18(2)8-10-4-6-16-7-5-10/h4-7H,8H2,1-3H3,(H3,14,15). The van der Waals surface area contributed by atoms with Crippen molar-refractivity contribution in [2.24, 2.45) is 12.8 Å². The SMILES string of the molecule is Cc1nn(C)c(N(C)Cc2ccncc2)c1C(=N)N. The molecule has 6 nitrogen and oxygen atoms in total. The topological polar surface area (TPSA) is 83.8 Å². The summed E-state index contributed by atoms with van der Waals surface area (Å²) in [7, 11) is 3.82. The molecule has 0 radical (unpaired) electrons. The van der Waals surface area contributed by atoms with Crippen LogP contribution in [-0.2, 0) is 13.6 Å². The summed E-state index contributed by atoms with van der Waals surface area (Å²) < 4.78 is 1.76. The lowest BCUT2D eigenvalue weighted by molar-refractivity contribution is 0.726. The molecule has 0 saturated heterocycles. The van der Waals surface area contributed by atoms with Crippen LogP contribution in [0.3, 0.4) is 0 Å². The van der Waals surface area contributed by atoms with Crippen molar-refractivity contribution in [2.75, 3.05) is 11.9 Å². The van der Waals surface area contributed by atoms with Gasteiger partial charge >= 0.3 is 0 Å². The molecule has 0 aliphatic rings. The predicted molar refractivity (Wildman–Crippen MR) is 75.3 cm³/mol. The Hall–Kier alpha value is -2.37. The molecule has 0 spiro atoms. The van der Waals surface area contributed by atoms with Crippen LogP contribution in [0, 0.1) is 12.3 Å². The number of nitrogens with zero attached hydrogens (tertiary/aromatic N) is 4. The summed E-state index contributed by atoms with van der Waals surface area (Å²) in [6, 6.07) is 3.93. The van der Waals surface area contributed by atoms with Crippen molar-refractivity contribution in [3.63, 3.8) is 0 Å². The monoisotopic (exact) mass is 258 g/mol. The highest BCUT2D eigenvalue weighted by atomic mass is 15.4. The molecule has 0 fully saturated rings. The van der Waals surface area contributed by atoms with Gasteiger partial charge < -0.3 is 10.6 Å². The molecular formula is C13H18N6. The van der Waals surface area contributed by atoms with Crippen molar-refractivity contribution in [1.82, 2.24) is 14.8 Å². The highest BCUT2D eigenvalue weighted by Gasteiger charge is 2.19. The second-order valence-corrected chi connectivity index (χ2v) is 4.53. The third-order valence-corrected chi connectivity index (χ3v) is 2.99. The van der Waals surface area contributed by atoms with Crippen LogP contribution in [0.4, 0.5) is 5.82 Å². The van der Waals surface area contributed by atoms with Gasteiger partial charge in [-0.25, -0.2) is 0 Å². The molecule has 0 unspecified atom stereocenters. The number of rotatable bonds is 4. The molecule has 0 aromatic carbocycles. The number of aryl methyl sites for hydroxylation is 2. The molecule has 0 atom stereocenters. The van der Waals surface area contributed by atoms with E-state index in [1.807, 2.05) is 38.1 Å². The molecule has 0 aliphatic heterocycles. The lowest BCUT2D eigenvalue weighted by atomic mass is 10.2. The minimum atomic E-state index is 0.0437. The maximum Gasteiger partial charge on any atom is 0.137 e. The quantitative estimate of drug-likeness (QED) is 0.634. The Morgan fingerprint density at radius 1 is 1.42 bits per heavy atom. The van der Waals surface area contributed by atoms with Gasteiger partial charge in [0.2, 0.25) is 0 Å². The molecule has 3 N–H and O–H groups in total. The maximum atomic E-state index is 7.69. The van der Waals surface area contributed by atoms with Crippen LogP contribution in [0.2, 0.25) is 0 Å². The van der Waals surface area contributed by atoms with E-state index in [0.717, 1.165) is 17.1 Å². The Morgan fingerprint density at radius 2 is 2.05 bits per heavy atom. The number of nitrogens with two attached hydrogens (primary N) is 1. The van der Waals surface area contributed by atoms with Gasteiger partial charge in [0.1, 0.15) is 11.7 Å². The minimum absolute atomic E-state index is 0.0437. The highest BCUT2D eigenvalue weighted by molar-refractivity contribution is 6.00. The van der Waals surface area contributed by atoms with E-state index in [-0.39, 0.29) is 5.84 Å². The summed E-state index contributed by atoms with van der Waals surface area (Å²) in [5, 5.41) is 12.0. The summed E-state index contributed by atoms with van der Waals surface area (Å²) >= 11 is 0. The fourth-order valence-corrected chi connectivity index (χ4v) is 2.24. The zero-order valence-corrected chi connectivity index (χ0v) is 11.4. The molecule has 0 amide bonds. The van der Waals surface area contributed by atoms with E-state index in [2.05, 4.69) is 10.1 Å². The zero-order chi connectivity index (χ0) is 14.0. The predicted octanol–water partition coefficient (Wildman–Crippen LogP) is 1.04. The molecule has 0 saturated carbocycles. The highest BCUT2D eigenvalue weighted by Crippen LogP contribution is 2.22. The fourth-order valence-electron chi connectivity index (χ4n) is 2.24. The number of amidine groups is 1. The maximum absolute atomic E-state index is 7.69. The second kappa shape index (κ2) is 5.09. The summed E-state index contributed by atoms with van der Waals surface area (Å²) in [5.41, 5.74) is 8.26. The summed E-state index contributed by atoms with van der Waals surface area (Å²) in [5.74, 6) is 0.893. The van der Waals surface area contributed by atoms with Gasteiger partial charge in [0.15, 0.2) is 0 Å². The Kier molecular flexibility index (Phi) is 3.50. The summed E-state index contributed by atoms with van der Waals surface area (Å²) in [6.45, 7) is 2.57. The molecule has 2 aromatic heterocycles. The zero-order valence-electron chi connectivity index (χ0n) is 11.4. The van der Waals surface area contributed by atoms with E-state index in [1.54, 1.807) is 17.1 Å². The third-order valence-electron chi connectivity index (χ3n) is 2.99. The van der Waals surface area contributed by atoms with Crippen LogP contribution in [0.25, 0.3) is 0 Å². The Morgan fingerprint density at radius 3 is 2.63 bits per heavy atom. The lowest BCUT2D eigenvalue weighted by Gasteiger charge is -2.20. The first-order valence-corrected chi connectivity index (χ1v) is 5.98. The van der Waals surface area contributed by atoms with Crippen LogP contribution in [0.15, 0.2) is 24.5 Å². The van der Waals surface area contributed by atoms with Gasteiger partial charge in [0, 0.05) is 33.0 Å². The average Bonchev–Trinajstić information content (AvgIpc) is 2.65. The normalized spacial score (nSPS) is 10.5. The number of anilines is 1. The van der Waals surface area contributed by atoms with Crippen molar-refractivity contribution in [3.05, 3.63) is 41.3 Å². The average molecular weight is 258 g/mol. The van der Waals surface area contributed by atoms with Gasteiger partial charge in [-0.1, -0.05) is 0 Å². The first-order valence-electron chi connectivity index (χ1n) is 5.98. The lowest BCUT2D eigenvalue weighted by Crippen LogP contribution is -2.23. The van der Waals surface area contributed by atoms with Crippen LogP contribution >= 0.6 is 0 Å². The van der Waals surface area contributed by atoms with Gasteiger partial charge in [0.05, 0.1) is 11.3 Å². The van der Waals surface area contributed by atoms with Crippen molar-refractivity contribution in [3.8, 4) is 0 Å². The van der Waals surface area contributed by atoms with Gasteiger partial charge in [-0.15, -0.1) is 0 Å². The van der Waals surface area contributed by atoms with Crippen molar-refractivity contribution in [2.45, 2.75) is 13.5 Å². The van der Waals surface area contributed by atoms with Crippen LogP contribution in [0.1, 0.15) is 16.8 Å². The first kappa shape index (κ1) is 13.1. The van der Waals surface area contributed by atoms with Crippen molar-refractivity contribution < 1.29 is 0 Å². The number of nitrogens with one attached hydrogen (secondary N) is 1. The molecule has 2 aromatic rings. The minimum Gasteiger partial charge on any atom is -0.384 e. The number of pyridine rings is 1. The molecule has 2 rings (SSSR count). The van der Waals surface area contributed by atoms with Crippen LogP contribution < -0.4 is 10.6 Å². The Labute approximate surface area is 112 Å². The van der Waals surface area contributed by atoms with Crippen LogP contribution in [0.5, 0.6) is 0 Å². The molecule has 0 bridgehead atoms. The van der Waals surface area contributed by atoms with Crippen molar-refractivity contribution >= 4 is 11.7 Å². The smallest absolute Gasteiger partial charge is 0.137 e. The third kappa shape index (κ3) is 2.57. The number of nitrogen functional groups attached to an aromatic ring is 1. The second-order valence-electron chi connectivity index (χ2n) is 4.53. The Bertz CT molecular complexity index is 587. The van der Waals surface area contributed by atoms with E-state index in [9.17, 15) is 0 Å². The number of aromatic nitrogens is 3. The van der Waals surface area contributed by atoms with Crippen molar-refractivity contribution in [1.29, 1.82) is 5.41 Å². The van der Waals surface area contributed by atoms with E-state index in [4.69, 9.17) is 11.1 Å². The van der Waals surface area contributed by atoms with Gasteiger partial charge in [0.25, 0.3) is 0 Å². The van der Waals surface area contributed by atoms with E-state index < -0.39 is 0 Å². The largest absolute Gasteiger partial charge is 0.384 e. The van der Waals surface area contributed by atoms with E-state index >= 15 is 0 Å². The van der Waals surface area contributed by atoms with E-state index in [0.29, 0.717) is 12.1 Å². The van der Waals surface area contributed by atoms with Gasteiger partial charge in [-0.3, -0.25) is 15.1 Å². The molecular weight excluding hydrogens is 240 g/mol. The Balaban J connectivity index is 2.34. The summed E-state index contributed by atoms with van der Waals surface area (Å²) in [4.78, 5) is 6.04. The molecule has 100 valence electrons. The number of hydrogen-bond donors (Lipinski definition) is 2.